The Hall–Kier alpha value is -2.69. The molecule has 0 aliphatic carbocycles. The Balaban J connectivity index is 2.07. The van der Waals surface area contributed by atoms with Crippen LogP contribution in [0.25, 0.3) is 23.0 Å². The van der Waals surface area contributed by atoms with Crippen LogP contribution in [-0.2, 0) is 0 Å². The number of aromatic nitrogens is 3. The maximum Gasteiger partial charge on any atom is 0.258 e. The monoisotopic (exact) mass is 266 g/mol. The van der Waals surface area contributed by atoms with E-state index in [1.807, 2.05) is 44.2 Å². The Labute approximate surface area is 116 Å². The van der Waals surface area contributed by atoms with Crippen molar-refractivity contribution >= 4 is 5.69 Å². The Kier molecular flexibility index (Phi) is 2.95. The van der Waals surface area contributed by atoms with Crippen molar-refractivity contribution in [2.24, 2.45) is 0 Å². The standard InChI is InChI=1S/C15H14N4O/c1-9-5-6-11(16)8-12(9)15-18-14(19-20-15)13-10(2)4-3-7-17-13/h3-8H,16H2,1-2H3. The summed E-state index contributed by atoms with van der Waals surface area (Å²) in [7, 11) is 0. The van der Waals surface area contributed by atoms with Gasteiger partial charge in [0.1, 0.15) is 5.69 Å². The first kappa shape index (κ1) is 12.3. The molecule has 2 N–H and O–H groups in total. The van der Waals surface area contributed by atoms with Gasteiger partial charge in [0.2, 0.25) is 5.82 Å². The molecular weight excluding hydrogens is 252 g/mol. The van der Waals surface area contributed by atoms with E-state index < -0.39 is 0 Å². The van der Waals surface area contributed by atoms with E-state index in [2.05, 4.69) is 15.1 Å². The first-order valence-electron chi connectivity index (χ1n) is 6.27. The summed E-state index contributed by atoms with van der Waals surface area (Å²) in [6.07, 6.45) is 1.71. The van der Waals surface area contributed by atoms with Crippen molar-refractivity contribution in [2.75, 3.05) is 5.73 Å². The highest BCUT2D eigenvalue weighted by Crippen LogP contribution is 2.26. The van der Waals surface area contributed by atoms with Gasteiger partial charge in [-0.2, -0.15) is 4.98 Å². The molecule has 5 heteroatoms. The fourth-order valence-corrected chi connectivity index (χ4v) is 2.02. The van der Waals surface area contributed by atoms with Gasteiger partial charge in [-0.15, -0.1) is 0 Å². The van der Waals surface area contributed by atoms with Crippen LogP contribution in [0.5, 0.6) is 0 Å². The zero-order valence-electron chi connectivity index (χ0n) is 11.3. The van der Waals surface area contributed by atoms with Crippen LogP contribution in [0.4, 0.5) is 5.69 Å². The molecule has 0 radical (unpaired) electrons. The summed E-state index contributed by atoms with van der Waals surface area (Å²) in [5, 5.41) is 4.00. The van der Waals surface area contributed by atoms with E-state index in [0.29, 0.717) is 17.4 Å². The molecule has 5 nitrogen and oxygen atoms in total. The van der Waals surface area contributed by atoms with Crippen molar-refractivity contribution in [3.05, 3.63) is 47.7 Å². The molecule has 0 fully saturated rings. The summed E-state index contributed by atoms with van der Waals surface area (Å²) in [5.41, 5.74) is 10.1. The van der Waals surface area contributed by atoms with Gasteiger partial charge >= 0.3 is 0 Å². The smallest absolute Gasteiger partial charge is 0.258 e. The molecule has 3 aromatic rings. The van der Waals surface area contributed by atoms with Gasteiger partial charge in [-0.25, -0.2) is 0 Å². The number of nitrogen functional groups attached to an aromatic ring is 1. The minimum atomic E-state index is 0.454. The molecule has 0 saturated carbocycles. The molecule has 3 rings (SSSR count). The minimum Gasteiger partial charge on any atom is -0.399 e. The third-order valence-corrected chi connectivity index (χ3v) is 3.14. The lowest BCUT2D eigenvalue weighted by Gasteiger charge is -2.01. The number of benzene rings is 1. The zero-order valence-corrected chi connectivity index (χ0v) is 11.3. The van der Waals surface area contributed by atoms with Gasteiger partial charge in [0, 0.05) is 17.4 Å². The number of hydrogen-bond acceptors (Lipinski definition) is 5. The van der Waals surface area contributed by atoms with Gasteiger partial charge in [-0.3, -0.25) is 4.98 Å². The number of anilines is 1. The summed E-state index contributed by atoms with van der Waals surface area (Å²) in [5.74, 6) is 0.940. The van der Waals surface area contributed by atoms with Crippen molar-refractivity contribution < 1.29 is 4.52 Å². The van der Waals surface area contributed by atoms with Gasteiger partial charge in [-0.05, 0) is 43.2 Å². The average molecular weight is 266 g/mol. The highest BCUT2D eigenvalue weighted by atomic mass is 16.5. The van der Waals surface area contributed by atoms with Crippen LogP contribution < -0.4 is 5.73 Å². The Bertz CT molecular complexity index is 764. The molecule has 2 heterocycles. The van der Waals surface area contributed by atoms with Gasteiger partial charge in [-0.1, -0.05) is 17.3 Å². The highest BCUT2D eigenvalue weighted by Gasteiger charge is 2.14. The van der Waals surface area contributed by atoms with E-state index in [4.69, 9.17) is 10.3 Å². The summed E-state index contributed by atoms with van der Waals surface area (Å²) >= 11 is 0. The van der Waals surface area contributed by atoms with Gasteiger partial charge in [0.15, 0.2) is 0 Å². The molecule has 0 unspecified atom stereocenters. The number of nitrogens with zero attached hydrogens (tertiary/aromatic N) is 3. The minimum absolute atomic E-state index is 0.454. The fraction of sp³-hybridized carbons (Fsp3) is 0.133. The summed E-state index contributed by atoms with van der Waals surface area (Å²) in [4.78, 5) is 8.70. The predicted octanol–water partition coefficient (Wildman–Crippen LogP) is 3.00. The first-order chi connectivity index (χ1) is 9.65. The van der Waals surface area contributed by atoms with Crippen molar-refractivity contribution in [1.29, 1.82) is 0 Å². The van der Waals surface area contributed by atoms with Gasteiger partial charge < -0.3 is 10.3 Å². The highest BCUT2D eigenvalue weighted by molar-refractivity contribution is 5.66. The molecule has 100 valence electrons. The second kappa shape index (κ2) is 4.77. The summed E-state index contributed by atoms with van der Waals surface area (Å²) in [6, 6.07) is 9.45. The summed E-state index contributed by atoms with van der Waals surface area (Å²) in [6.45, 7) is 3.94. The quantitative estimate of drug-likeness (QED) is 0.721. The average Bonchev–Trinajstić information content (AvgIpc) is 2.91. The molecule has 0 aliphatic heterocycles. The molecule has 1 aromatic carbocycles. The summed E-state index contributed by atoms with van der Waals surface area (Å²) < 4.78 is 5.34. The Morgan fingerprint density at radius 3 is 2.75 bits per heavy atom. The predicted molar refractivity (Wildman–Crippen MR) is 76.9 cm³/mol. The van der Waals surface area contributed by atoms with Crippen LogP contribution in [0.15, 0.2) is 41.1 Å². The third kappa shape index (κ3) is 2.14. The van der Waals surface area contributed by atoms with E-state index in [0.717, 1.165) is 22.4 Å². The number of pyridine rings is 1. The van der Waals surface area contributed by atoms with Crippen LogP contribution in [-0.4, -0.2) is 15.1 Å². The lowest BCUT2D eigenvalue weighted by Crippen LogP contribution is -1.90. The van der Waals surface area contributed by atoms with Crippen molar-refractivity contribution in [3.8, 4) is 23.0 Å². The SMILES string of the molecule is Cc1ccc(N)cc1-c1nc(-c2ncccc2C)no1. The lowest BCUT2D eigenvalue weighted by atomic mass is 10.1. The van der Waals surface area contributed by atoms with E-state index in [-0.39, 0.29) is 0 Å². The third-order valence-electron chi connectivity index (χ3n) is 3.14. The first-order valence-corrected chi connectivity index (χ1v) is 6.27. The molecule has 0 spiro atoms. The Morgan fingerprint density at radius 1 is 1.10 bits per heavy atom. The molecule has 0 aliphatic rings. The number of hydrogen-bond donors (Lipinski definition) is 1. The molecule has 0 saturated heterocycles. The maximum atomic E-state index is 5.80. The Morgan fingerprint density at radius 2 is 1.95 bits per heavy atom. The van der Waals surface area contributed by atoms with Crippen molar-refractivity contribution in [2.45, 2.75) is 13.8 Å². The second-order valence-corrected chi connectivity index (χ2v) is 4.67. The zero-order chi connectivity index (χ0) is 14.1. The van der Waals surface area contributed by atoms with Crippen molar-refractivity contribution in [1.82, 2.24) is 15.1 Å². The van der Waals surface area contributed by atoms with Crippen LogP contribution in [0.2, 0.25) is 0 Å². The van der Waals surface area contributed by atoms with E-state index in [9.17, 15) is 0 Å². The van der Waals surface area contributed by atoms with E-state index in [1.165, 1.54) is 0 Å². The van der Waals surface area contributed by atoms with Crippen LogP contribution in [0.1, 0.15) is 11.1 Å². The van der Waals surface area contributed by atoms with Crippen LogP contribution >= 0.6 is 0 Å². The number of nitrogens with two attached hydrogens (primary N) is 1. The van der Waals surface area contributed by atoms with Crippen LogP contribution in [0, 0.1) is 13.8 Å². The van der Waals surface area contributed by atoms with Gasteiger partial charge in [0.25, 0.3) is 5.89 Å². The molecule has 2 aromatic heterocycles. The lowest BCUT2D eigenvalue weighted by molar-refractivity contribution is 0.432. The largest absolute Gasteiger partial charge is 0.399 e. The molecule has 0 amide bonds. The van der Waals surface area contributed by atoms with E-state index >= 15 is 0 Å². The number of aryl methyl sites for hydroxylation is 2. The maximum absolute atomic E-state index is 5.80. The second-order valence-electron chi connectivity index (χ2n) is 4.67. The fourth-order valence-electron chi connectivity index (χ4n) is 2.02. The van der Waals surface area contributed by atoms with Gasteiger partial charge in [0.05, 0.1) is 0 Å². The van der Waals surface area contributed by atoms with Crippen molar-refractivity contribution in [3.63, 3.8) is 0 Å². The molecule has 0 bridgehead atoms. The van der Waals surface area contributed by atoms with E-state index in [1.54, 1.807) is 6.20 Å². The molecule has 0 atom stereocenters. The molecule has 20 heavy (non-hydrogen) atoms. The normalized spacial score (nSPS) is 10.7. The molecular formula is C15H14N4O. The topological polar surface area (TPSA) is 77.8 Å². The van der Waals surface area contributed by atoms with Crippen LogP contribution in [0.3, 0.4) is 0 Å². The number of rotatable bonds is 2.